The molecule has 0 spiro atoms. The topological polar surface area (TPSA) is 0 Å². The van der Waals surface area contributed by atoms with Crippen LogP contribution in [0.2, 0.25) is 0 Å². The number of allylic oxidation sites excluding steroid dienone is 1. The molecular weight excluding hydrogens is 152 g/mol. The summed E-state index contributed by atoms with van der Waals surface area (Å²) in [6.45, 7) is 12.2. The average Bonchev–Trinajstić information content (AvgIpc) is 2.07. The molecule has 2 unspecified atom stereocenters. The quantitative estimate of drug-likeness (QED) is 0.581. The highest BCUT2D eigenvalue weighted by atomic mass is 32.2. The number of hydrogen-bond donors (Lipinski definition) is 0. The fraction of sp³-hybridized carbons (Fsp3) is 0.800. The molecule has 0 saturated heterocycles. The lowest BCUT2D eigenvalue weighted by Crippen LogP contribution is -2.07. The lowest BCUT2D eigenvalue weighted by molar-refractivity contribution is 0.588. The third-order valence-corrected chi connectivity index (χ3v) is 2.92. The summed E-state index contributed by atoms with van der Waals surface area (Å²) < 4.78 is 0. The van der Waals surface area contributed by atoms with Crippen LogP contribution < -0.4 is 0 Å². The summed E-state index contributed by atoms with van der Waals surface area (Å²) in [5.74, 6) is 0.775. The number of rotatable bonds is 4. The first kappa shape index (κ1) is 13.7. The van der Waals surface area contributed by atoms with Gasteiger partial charge in [0.25, 0.3) is 0 Å². The normalized spacial score (nSPS) is 14.3. The molecule has 0 aliphatic heterocycles. The van der Waals surface area contributed by atoms with Gasteiger partial charge in [0.1, 0.15) is 0 Å². The first-order valence-corrected chi connectivity index (χ1v) is 5.64. The maximum atomic E-state index is 3.71. The molecule has 0 nitrogen and oxygen atoms in total. The smallest absolute Gasteiger partial charge is 0.00445 e. The van der Waals surface area contributed by atoms with Gasteiger partial charge in [0.15, 0.2) is 0 Å². The van der Waals surface area contributed by atoms with E-state index in [1.807, 2.05) is 31.7 Å². The highest BCUT2D eigenvalue weighted by molar-refractivity contribution is 7.99. The molecule has 0 aromatic heterocycles. The van der Waals surface area contributed by atoms with Crippen LogP contribution in [0.4, 0.5) is 0 Å². The Morgan fingerprint density at radius 2 is 1.82 bits per heavy atom. The molecule has 68 valence electrons. The fourth-order valence-electron chi connectivity index (χ4n) is 0.687. The molecule has 11 heavy (non-hydrogen) atoms. The van der Waals surface area contributed by atoms with Gasteiger partial charge in [0, 0.05) is 5.25 Å². The van der Waals surface area contributed by atoms with Crippen molar-refractivity contribution < 1.29 is 0 Å². The van der Waals surface area contributed by atoms with E-state index in [9.17, 15) is 0 Å². The predicted molar refractivity (Wildman–Crippen MR) is 58.3 cm³/mol. The minimum Gasteiger partial charge on any atom is -0.162 e. The van der Waals surface area contributed by atoms with E-state index in [1.54, 1.807) is 0 Å². The first-order valence-electron chi connectivity index (χ1n) is 4.36. The molecule has 0 heterocycles. The Balaban J connectivity index is 0. The van der Waals surface area contributed by atoms with Gasteiger partial charge in [0.05, 0.1) is 0 Å². The summed E-state index contributed by atoms with van der Waals surface area (Å²) in [7, 11) is 0. The summed E-state index contributed by atoms with van der Waals surface area (Å²) in [5, 5.41) is 0.767. The molecular formula is C10H22S. The Hall–Kier alpha value is 0.0900. The van der Waals surface area contributed by atoms with E-state index < -0.39 is 0 Å². The van der Waals surface area contributed by atoms with Crippen LogP contribution in [0.15, 0.2) is 12.7 Å². The molecule has 0 bridgehead atoms. The molecule has 2 atom stereocenters. The zero-order chi connectivity index (χ0) is 9.28. The minimum absolute atomic E-state index is 0.767. The Kier molecular flexibility index (Phi) is 12.5. The van der Waals surface area contributed by atoms with Crippen molar-refractivity contribution in [2.24, 2.45) is 5.92 Å². The molecule has 0 amide bonds. The van der Waals surface area contributed by atoms with E-state index in [2.05, 4.69) is 26.7 Å². The third kappa shape index (κ3) is 7.99. The van der Waals surface area contributed by atoms with Gasteiger partial charge in [-0.2, -0.15) is 11.8 Å². The first-order chi connectivity index (χ1) is 5.22. The van der Waals surface area contributed by atoms with Crippen molar-refractivity contribution in [1.29, 1.82) is 0 Å². The van der Waals surface area contributed by atoms with Crippen molar-refractivity contribution in [3.05, 3.63) is 12.7 Å². The van der Waals surface area contributed by atoms with E-state index in [1.165, 1.54) is 0 Å². The van der Waals surface area contributed by atoms with Crippen molar-refractivity contribution in [2.45, 2.75) is 39.4 Å². The molecule has 0 N–H and O–H groups in total. The van der Waals surface area contributed by atoms with Gasteiger partial charge < -0.3 is 0 Å². The lowest BCUT2D eigenvalue weighted by atomic mass is 10.1. The average molecular weight is 174 g/mol. The number of hydrogen-bond acceptors (Lipinski definition) is 1. The summed E-state index contributed by atoms with van der Waals surface area (Å²) in [6, 6.07) is 0. The molecule has 0 radical (unpaired) electrons. The van der Waals surface area contributed by atoms with E-state index in [0.717, 1.165) is 17.6 Å². The van der Waals surface area contributed by atoms with Gasteiger partial charge in [-0.1, -0.05) is 33.8 Å². The molecule has 0 rings (SSSR count). The fourth-order valence-corrected chi connectivity index (χ4v) is 1.26. The number of thioether (sulfide) groups is 1. The SMILES string of the molecule is C=CCC(C)C(C)SC.CC. The van der Waals surface area contributed by atoms with E-state index >= 15 is 0 Å². The van der Waals surface area contributed by atoms with Crippen molar-refractivity contribution in [3.63, 3.8) is 0 Å². The van der Waals surface area contributed by atoms with Gasteiger partial charge in [-0.15, -0.1) is 6.58 Å². The maximum absolute atomic E-state index is 3.71. The van der Waals surface area contributed by atoms with Crippen LogP contribution in [0.3, 0.4) is 0 Å². The standard InChI is InChI=1S/C8H16S.C2H6/c1-5-6-7(2)8(3)9-4;1-2/h5,7-8H,1,6H2,2-4H3;1-2H3. The Morgan fingerprint density at radius 3 is 2.09 bits per heavy atom. The van der Waals surface area contributed by atoms with Crippen LogP contribution in [-0.4, -0.2) is 11.5 Å². The second kappa shape index (κ2) is 10.1. The van der Waals surface area contributed by atoms with Crippen LogP contribution in [0.5, 0.6) is 0 Å². The van der Waals surface area contributed by atoms with Crippen molar-refractivity contribution in [1.82, 2.24) is 0 Å². The van der Waals surface area contributed by atoms with Crippen molar-refractivity contribution >= 4 is 11.8 Å². The summed E-state index contributed by atoms with van der Waals surface area (Å²) >= 11 is 1.93. The zero-order valence-electron chi connectivity index (χ0n) is 8.55. The van der Waals surface area contributed by atoms with Gasteiger partial charge in [-0.05, 0) is 18.6 Å². The van der Waals surface area contributed by atoms with Crippen molar-refractivity contribution in [2.75, 3.05) is 6.26 Å². The van der Waals surface area contributed by atoms with Gasteiger partial charge in [-0.25, -0.2) is 0 Å². The molecule has 0 saturated carbocycles. The molecule has 0 aromatic carbocycles. The largest absolute Gasteiger partial charge is 0.162 e. The van der Waals surface area contributed by atoms with Crippen LogP contribution in [0, 0.1) is 5.92 Å². The maximum Gasteiger partial charge on any atom is 0.00445 e. The minimum atomic E-state index is 0.767. The van der Waals surface area contributed by atoms with Gasteiger partial charge in [0.2, 0.25) is 0 Å². The molecule has 0 fully saturated rings. The van der Waals surface area contributed by atoms with Crippen molar-refractivity contribution in [3.8, 4) is 0 Å². The monoisotopic (exact) mass is 174 g/mol. The highest BCUT2D eigenvalue weighted by Gasteiger charge is 2.07. The van der Waals surface area contributed by atoms with E-state index in [-0.39, 0.29) is 0 Å². The lowest BCUT2D eigenvalue weighted by Gasteiger charge is -2.14. The molecule has 1 heteroatoms. The summed E-state index contributed by atoms with van der Waals surface area (Å²) in [4.78, 5) is 0. The van der Waals surface area contributed by atoms with E-state index in [4.69, 9.17) is 0 Å². The molecule has 0 aliphatic rings. The van der Waals surface area contributed by atoms with Gasteiger partial charge in [-0.3, -0.25) is 0 Å². The van der Waals surface area contributed by atoms with Crippen LogP contribution in [0.1, 0.15) is 34.1 Å². The zero-order valence-corrected chi connectivity index (χ0v) is 9.37. The van der Waals surface area contributed by atoms with E-state index in [0.29, 0.717) is 0 Å². The van der Waals surface area contributed by atoms with Crippen LogP contribution >= 0.6 is 11.8 Å². The summed E-state index contributed by atoms with van der Waals surface area (Å²) in [5.41, 5.74) is 0. The summed E-state index contributed by atoms with van der Waals surface area (Å²) in [6.07, 6.45) is 5.30. The Morgan fingerprint density at radius 1 is 1.36 bits per heavy atom. The van der Waals surface area contributed by atoms with Gasteiger partial charge >= 0.3 is 0 Å². The van der Waals surface area contributed by atoms with Crippen LogP contribution in [-0.2, 0) is 0 Å². The highest BCUT2D eigenvalue weighted by Crippen LogP contribution is 2.18. The molecule has 0 aromatic rings. The van der Waals surface area contributed by atoms with Crippen LogP contribution in [0.25, 0.3) is 0 Å². The Labute approximate surface area is 76.5 Å². The second-order valence-electron chi connectivity index (χ2n) is 2.44. The Bertz CT molecular complexity index is 78.9. The third-order valence-electron chi connectivity index (χ3n) is 1.71. The second-order valence-corrected chi connectivity index (χ2v) is 3.66. The molecule has 0 aliphatic carbocycles. The predicted octanol–water partition coefficient (Wildman–Crippen LogP) is 3.98.